The molecule has 2 aromatic rings. The molecule has 0 unspecified atom stereocenters. The number of carbonyl (C=O) groups is 1. The second-order valence-corrected chi connectivity index (χ2v) is 4.78. The van der Waals surface area contributed by atoms with Gasteiger partial charge in [0, 0.05) is 0 Å². The molecule has 21 heavy (non-hydrogen) atoms. The summed E-state index contributed by atoms with van der Waals surface area (Å²) in [6.07, 6.45) is -1.01. The number of hydrogen-bond acceptors (Lipinski definition) is 5. The van der Waals surface area contributed by atoms with E-state index in [2.05, 4.69) is 9.93 Å². The van der Waals surface area contributed by atoms with Gasteiger partial charge in [0.1, 0.15) is 11.4 Å². The minimum atomic E-state index is -1.01. The van der Waals surface area contributed by atoms with Crippen molar-refractivity contribution in [2.45, 2.75) is 19.4 Å². The molecule has 0 fully saturated rings. The maximum absolute atomic E-state index is 11.4. The van der Waals surface area contributed by atoms with Crippen molar-refractivity contribution in [3.63, 3.8) is 0 Å². The number of benzene rings is 2. The third-order valence-corrected chi connectivity index (χ3v) is 2.76. The molecule has 0 aliphatic rings. The van der Waals surface area contributed by atoms with Crippen LogP contribution in [-0.4, -0.2) is 6.16 Å². The highest BCUT2D eigenvalue weighted by Crippen LogP contribution is 2.24. The lowest BCUT2D eigenvalue weighted by atomic mass is 9.99. The normalized spacial score (nSPS) is 11.0. The van der Waals surface area contributed by atoms with Crippen LogP contribution in [0.5, 0.6) is 5.75 Å². The third-order valence-electron chi connectivity index (χ3n) is 2.76. The van der Waals surface area contributed by atoms with Crippen LogP contribution >= 0.6 is 0 Å². The highest BCUT2D eigenvalue weighted by molar-refractivity contribution is 5.62. The lowest BCUT2D eigenvalue weighted by Crippen LogP contribution is -2.23. The predicted molar refractivity (Wildman–Crippen MR) is 75.2 cm³/mol. The summed E-state index contributed by atoms with van der Waals surface area (Å²) in [6, 6.07) is 17.9. The molecule has 0 atom stereocenters. The van der Waals surface area contributed by atoms with Gasteiger partial charge in [-0.3, -0.25) is 0 Å². The molecule has 5 heteroatoms. The fourth-order valence-electron chi connectivity index (χ4n) is 1.62. The van der Waals surface area contributed by atoms with Gasteiger partial charge in [0.05, 0.1) is 0 Å². The molecule has 2 aromatic carbocycles. The molecule has 0 bridgehead atoms. The molecule has 0 amide bonds. The summed E-state index contributed by atoms with van der Waals surface area (Å²) < 4.78 is 4.87. The van der Waals surface area contributed by atoms with Gasteiger partial charge in [-0.15, -0.1) is 0 Å². The van der Waals surface area contributed by atoms with Crippen LogP contribution in [0, 0.1) is 0 Å². The second-order valence-electron chi connectivity index (χ2n) is 4.78. The van der Waals surface area contributed by atoms with E-state index in [0.717, 1.165) is 5.56 Å². The fraction of sp³-hybridized carbons (Fsp3) is 0.188. The quantitative estimate of drug-likeness (QED) is 0.360. The van der Waals surface area contributed by atoms with Crippen LogP contribution in [0.4, 0.5) is 4.79 Å². The third kappa shape index (κ3) is 4.59. The Morgan fingerprint density at radius 3 is 2.10 bits per heavy atom. The first kappa shape index (κ1) is 15.0. The van der Waals surface area contributed by atoms with E-state index < -0.39 is 11.8 Å². The minimum Gasteiger partial charge on any atom is -0.393 e. The van der Waals surface area contributed by atoms with E-state index in [1.807, 2.05) is 30.3 Å². The average Bonchev–Trinajstić information content (AvgIpc) is 2.49. The molecular formula is C16H16O5. The van der Waals surface area contributed by atoms with Gasteiger partial charge in [-0.05, 0) is 36.6 Å². The van der Waals surface area contributed by atoms with E-state index in [9.17, 15) is 4.79 Å². The van der Waals surface area contributed by atoms with Gasteiger partial charge in [0.2, 0.25) is 0 Å². The smallest absolute Gasteiger partial charge is 0.393 e. The Kier molecular flexibility index (Phi) is 4.92. The number of ether oxygens (including phenoxy) is 1. The topological polar surface area (TPSA) is 54.0 Å². The summed E-state index contributed by atoms with van der Waals surface area (Å²) in [7, 11) is 0. The highest BCUT2D eigenvalue weighted by atomic mass is 17.5. The van der Waals surface area contributed by atoms with Gasteiger partial charge in [-0.1, -0.05) is 48.5 Å². The molecule has 0 heterocycles. The van der Waals surface area contributed by atoms with E-state index in [-0.39, 0.29) is 0 Å². The zero-order valence-electron chi connectivity index (χ0n) is 11.8. The molecule has 0 N–H and O–H groups in total. The Balaban J connectivity index is 1.80. The van der Waals surface area contributed by atoms with Crippen molar-refractivity contribution in [1.29, 1.82) is 0 Å². The van der Waals surface area contributed by atoms with Gasteiger partial charge >= 0.3 is 6.16 Å². The fourth-order valence-corrected chi connectivity index (χ4v) is 1.62. The lowest BCUT2D eigenvalue weighted by molar-refractivity contribution is -0.519. The number of hydrogen-bond donors (Lipinski definition) is 0. The summed E-state index contributed by atoms with van der Waals surface area (Å²) in [4.78, 5) is 20.9. The summed E-state index contributed by atoms with van der Waals surface area (Å²) in [5, 5.41) is 4.51. The zero-order chi connectivity index (χ0) is 15.1. The van der Waals surface area contributed by atoms with E-state index >= 15 is 0 Å². The van der Waals surface area contributed by atoms with Gasteiger partial charge in [0.15, 0.2) is 0 Å². The average molecular weight is 288 g/mol. The van der Waals surface area contributed by atoms with Gasteiger partial charge in [-0.2, -0.15) is 4.89 Å². The zero-order valence-corrected chi connectivity index (χ0v) is 11.8. The van der Waals surface area contributed by atoms with E-state index in [1.54, 1.807) is 44.2 Å². The summed E-state index contributed by atoms with van der Waals surface area (Å²) in [6.45, 7) is 3.57. The molecule has 0 aliphatic carbocycles. The van der Waals surface area contributed by atoms with Crippen molar-refractivity contribution in [2.75, 3.05) is 0 Å². The Hall–Kier alpha value is -2.37. The minimum absolute atomic E-state index is 0.355. The standard InChI is InChI=1S/C16H16O5/c1-16(2,13-9-5-3-6-10-13)20-21-19-15(17)18-14-11-7-4-8-12-14/h3-12H,1-2H3. The van der Waals surface area contributed by atoms with Crippen LogP contribution in [0.25, 0.3) is 0 Å². The van der Waals surface area contributed by atoms with Crippen LogP contribution in [0.3, 0.4) is 0 Å². The summed E-state index contributed by atoms with van der Waals surface area (Å²) >= 11 is 0. The Bertz CT molecular complexity index is 566. The molecule has 0 saturated heterocycles. The van der Waals surface area contributed by atoms with Crippen molar-refractivity contribution in [1.82, 2.24) is 0 Å². The van der Waals surface area contributed by atoms with Crippen LogP contribution in [0.15, 0.2) is 60.7 Å². The lowest BCUT2D eigenvalue weighted by Gasteiger charge is -2.22. The van der Waals surface area contributed by atoms with Crippen molar-refractivity contribution >= 4 is 6.16 Å². The molecule has 0 aromatic heterocycles. The molecule has 2 rings (SSSR count). The first-order valence-electron chi connectivity index (χ1n) is 6.43. The first-order valence-corrected chi connectivity index (χ1v) is 6.43. The van der Waals surface area contributed by atoms with E-state index in [0.29, 0.717) is 5.75 Å². The van der Waals surface area contributed by atoms with E-state index in [1.165, 1.54) is 0 Å². The number of rotatable bonds is 5. The van der Waals surface area contributed by atoms with Crippen LogP contribution in [0.1, 0.15) is 19.4 Å². The van der Waals surface area contributed by atoms with Crippen LogP contribution < -0.4 is 4.74 Å². The molecule has 0 aliphatic heterocycles. The van der Waals surface area contributed by atoms with Crippen molar-refractivity contribution in [2.24, 2.45) is 0 Å². The van der Waals surface area contributed by atoms with E-state index in [4.69, 9.17) is 9.62 Å². The number of para-hydroxylation sites is 1. The highest BCUT2D eigenvalue weighted by Gasteiger charge is 2.24. The second kappa shape index (κ2) is 6.88. The first-order chi connectivity index (χ1) is 10.1. The monoisotopic (exact) mass is 288 g/mol. The molecule has 0 saturated carbocycles. The molecule has 110 valence electrons. The predicted octanol–water partition coefficient (Wildman–Crippen LogP) is 4.00. The van der Waals surface area contributed by atoms with Crippen molar-refractivity contribution in [3.05, 3.63) is 66.2 Å². The van der Waals surface area contributed by atoms with Gasteiger partial charge in [0.25, 0.3) is 0 Å². The largest absolute Gasteiger partial charge is 0.548 e. The van der Waals surface area contributed by atoms with Crippen LogP contribution in [-0.2, 0) is 20.4 Å². The maximum atomic E-state index is 11.4. The maximum Gasteiger partial charge on any atom is 0.548 e. The van der Waals surface area contributed by atoms with Gasteiger partial charge < -0.3 is 4.74 Å². The van der Waals surface area contributed by atoms with Gasteiger partial charge in [-0.25, -0.2) is 9.68 Å². The SMILES string of the molecule is CC(C)(OOOC(=O)Oc1ccccc1)c1ccccc1. The Morgan fingerprint density at radius 2 is 1.48 bits per heavy atom. The molecule has 0 radical (unpaired) electrons. The Labute approximate surface area is 122 Å². The van der Waals surface area contributed by atoms with Crippen molar-refractivity contribution in [3.8, 4) is 5.75 Å². The molecule has 5 nitrogen and oxygen atoms in total. The summed E-state index contributed by atoms with van der Waals surface area (Å²) in [5.41, 5.74) is 0.110. The van der Waals surface area contributed by atoms with Crippen molar-refractivity contribution < 1.29 is 24.3 Å². The van der Waals surface area contributed by atoms with Crippen LogP contribution in [0.2, 0.25) is 0 Å². The molecule has 0 spiro atoms. The summed E-state index contributed by atoms with van der Waals surface area (Å²) in [5.74, 6) is 0.355. The number of carbonyl (C=O) groups excluding carboxylic acids is 1. The Morgan fingerprint density at radius 1 is 0.905 bits per heavy atom. The molecular weight excluding hydrogens is 272 g/mol.